The third kappa shape index (κ3) is 3.41. The summed E-state index contributed by atoms with van der Waals surface area (Å²) in [7, 11) is 1.31. The number of carbonyl (C=O) groups excluding carboxylic acids is 1. The van der Waals surface area contributed by atoms with E-state index in [4.69, 9.17) is 10.5 Å². The largest absolute Gasteiger partial charge is 0.476 e. The number of methoxy groups -OCH3 is 1. The molecule has 6 heteroatoms. The van der Waals surface area contributed by atoms with Crippen LogP contribution in [0.1, 0.15) is 29.8 Å². The minimum atomic E-state index is -0.515. The maximum absolute atomic E-state index is 11.3. The van der Waals surface area contributed by atoms with E-state index in [9.17, 15) is 4.79 Å². The molecule has 0 amide bonds. The molecule has 2 rings (SSSR count). The number of rotatable bonds is 5. The Morgan fingerprint density at radius 3 is 2.95 bits per heavy atom. The van der Waals surface area contributed by atoms with E-state index < -0.39 is 5.97 Å². The van der Waals surface area contributed by atoms with Crippen molar-refractivity contribution in [2.75, 3.05) is 20.3 Å². The molecule has 19 heavy (non-hydrogen) atoms. The Bertz CT molecular complexity index is 439. The normalized spacial score (nSPS) is 22.2. The molecular formula is C13H19N3O3. The summed E-state index contributed by atoms with van der Waals surface area (Å²) in [4.78, 5) is 19.3. The summed E-state index contributed by atoms with van der Waals surface area (Å²) in [6, 6.07) is 0. The van der Waals surface area contributed by atoms with E-state index in [1.165, 1.54) is 32.3 Å². The van der Waals surface area contributed by atoms with Crippen LogP contribution in [-0.4, -0.2) is 36.2 Å². The van der Waals surface area contributed by atoms with Crippen LogP contribution in [0.25, 0.3) is 0 Å². The Kier molecular flexibility index (Phi) is 4.68. The second kappa shape index (κ2) is 6.47. The lowest BCUT2D eigenvalue weighted by molar-refractivity contribution is 0.0591. The SMILES string of the molecule is COC(=O)c1cncc(OCC2CCCC2CN)n1. The van der Waals surface area contributed by atoms with Crippen LogP contribution in [0.2, 0.25) is 0 Å². The van der Waals surface area contributed by atoms with E-state index in [0.717, 1.165) is 6.42 Å². The molecule has 1 aromatic rings. The van der Waals surface area contributed by atoms with Crippen molar-refractivity contribution in [2.45, 2.75) is 19.3 Å². The van der Waals surface area contributed by atoms with E-state index in [1.807, 2.05) is 0 Å². The molecule has 0 radical (unpaired) electrons. The summed E-state index contributed by atoms with van der Waals surface area (Å²) in [5.74, 6) is 0.828. The molecule has 2 unspecified atom stereocenters. The number of ether oxygens (including phenoxy) is 2. The molecule has 1 saturated carbocycles. The van der Waals surface area contributed by atoms with Gasteiger partial charge in [0.2, 0.25) is 5.88 Å². The van der Waals surface area contributed by atoms with Crippen molar-refractivity contribution in [1.82, 2.24) is 9.97 Å². The number of nitrogens with two attached hydrogens (primary N) is 1. The molecule has 1 heterocycles. The zero-order valence-electron chi connectivity index (χ0n) is 11.0. The van der Waals surface area contributed by atoms with Crippen LogP contribution in [0.5, 0.6) is 5.88 Å². The molecule has 0 bridgehead atoms. The van der Waals surface area contributed by atoms with Crippen molar-refractivity contribution in [3.8, 4) is 5.88 Å². The highest BCUT2D eigenvalue weighted by Crippen LogP contribution is 2.31. The highest BCUT2D eigenvalue weighted by molar-refractivity contribution is 5.86. The molecular weight excluding hydrogens is 246 g/mol. The molecule has 0 saturated heterocycles. The van der Waals surface area contributed by atoms with E-state index in [2.05, 4.69) is 14.7 Å². The Labute approximate surface area is 112 Å². The Morgan fingerprint density at radius 1 is 1.42 bits per heavy atom. The molecule has 0 aromatic carbocycles. The smallest absolute Gasteiger partial charge is 0.358 e. The minimum Gasteiger partial charge on any atom is -0.476 e. The van der Waals surface area contributed by atoms with Crippen LogP contribution in [-0.2, 0) is 4.74 Å². The molecule has 0 spiro atoms. The lowest BCUT2D eigenvalue weighted by atomic mass is 9.97. The number of hydrogen-bond acceptors (Lipinski definition) is 6. The van der Waals surface area contributed by atoms with E-state index >= 15 is 0 Å². The van der Waals surface area contributed by atoms with Crippen LogP contribution in [0.15, 0.2) is 12.4 Å². The van der Waals surface area contributed by atoms with E-state index in [1.54, 1.807) is 0 Å². The topological polar surface area (TPSA) is 87.3 Å². The highest BCUT2D eigenvalue weighted by Gasteiger charge is 2.26. The number of hydrogen-bond donors (Lipinski definition) is 1. The first-order chi connectivity index (χ1) is 9.24. The zero-order chi connectivity index (χ0) is 13.7. The molecule has 6 nitrogen and oxygen atoms in total. The lowest BCUT2D eigenvalue weighted by Crippen LogP contribution is -2.23. The minimum absolute atomic E-state index is 0.154. The van der Waals surface area contributed by atoms with Crippen molar-refractivity contribution in [3.63, 3.8) is 0 Å². The molecule has 1 aliphatic rings. The first-order valence-corrected chi connectivity index (χ1v) is 6.47. The van der Waals surface area contributed by atoms with Gasteiger partial charge in [0, 0.05) is 0 Å². The average Bonchev–Trinajstić information content (AvgIpc) is 2.92. The van der Waals surface area contributed by atoms with Crippen molar-refractivity contribution in [2.24, 2.45) is 17.6 Å². The van der Waals surface area contributed by atoms with Gasteiger partial charge in [-0.15, -0.1) is 0 Å². The summed E-state index contributed by atoms with van der Waals surface area (Å²) in [5.41, 5.74) is 5.88. The fraction of sp³-hybridized carbons (Fsp3) is 0.615. The highest BCUT2D eigenvalue weighted by atomic mass is 16.5. The van der Waals surface area contributed by atoms with Gasteiger partial charge in [0.25, 0.3) is 0 Å². The van der Waals surface area contributed by atoms with Crippen molar-refractivity contribution < 1.29 is 14.3 Å². The second-order valence-electron chi connectivity index (χ2n) is 4.73. The van der Waals surface area contributed by atoms with Gasteiger partial charge in [0.15, 0.2) is 5.69 Å². The molecule has 1 aromatic heterocycles. The molecule has 2 atom stereocenters. The standard InChI is InChI=1S/C13H19N3O3/c1-18-13(17)11-6-15-7-12(16-11)19-8-10-4-2-3-9(10)5-14/h6-7,9-10H,2-5,8,14H2,1H3. The van der Waals surface area contributed by atoms with Gasteiger partial charge in [-0.2, -0.15) is 0 Å². The Balaban J connectivity index is 1.94. The van der Waals surface area contributed by atoms with E-state index in [-0.39, 0.29) is 5.69 Å². The molecule has 1 aliphatic carbocycles. The lowest BCUT2D eigenvalue weighted by Gasteiger charge is -2.17. The zero-order valence-corrected chi connectivity index (χ0v) is 11.0. The van der Waals surface area contributed by atoms with Gasteiger partial charge >= 0.3 is 5.97 Å². The van der Waals surface area contributed by atoms with Gasteiger partial charge in [-0.1, -0.05) is 6.42 Å². The van der Waals surface area contributed by atoms with Crippen molar-refractivity contribution >= 4 is 5.97 Å². The summed E-state index contributed by atoms with van der Waals surface area (Å²) >= 11 is 0. The second-order valence-corrected chi connectivity index (χ2v) is 4.73. The monoisotopic (exact) mass is 265 g/mol. The van der Waals surface area contributed by atoms with Gasteiger partial charge in [-0.05, 0) is 31.2 Å². The van der Waals surface area contributed by atoms with Gasteiger partial charge < -0.3 is 15.2 Å². The molecule has 2 N–H and O–H groups in total. The molecule has 0 aliphatic heterocycles. The maximum Gasteiger partial charge on any atom is 0.358 e. The summed E-state index contributed by atoms with van der Waals surface area (Å²) in [5, 5.41) is 0. The summed E-state index contributed by atoms with van der Waals surface area (Å²) < 4.78 is 10.2. The van der Waals surface area contributed by atoms with Crippen molar-refractivity contribution in [3.05, 3.63) is 18.1 Å². The number of aromatic nitrogens is 2. The number of nitrogens with zero attached hydrogens (tertiary/aromatic N) is 2. The first kappa shape index (κ1) is 13.7. The van der Waals surface area contributed by atoms with Gasteiger partial charge in [-0.3, -0.25) is 4.98 Å². The van der Waals surface area contributed by atoms with Gasteiger partial charge in [-0.25, -0.2) is 9.78 Å². The van der Waals surface area contributed by atoms with Crippen LogP contribution in [0.3, 0.4) is 0 Å². The fourth-order valence-corrected chi connectivity index (χ4v) is 2.46. The summed E-state index contributed by atoms with van der Waals surface area (Å²) in [6.07, 6.45) is 6.35. The van der Waals surface area contributed by atoms with Gasteiger partial charge in [0.1, 0.15) is 0 Å². The van der Waals surface area contributed by atoms with Crippen LogP contribution < -0.4 is 10.5 Å². The average molecular weight is 265 g/mol. The van der Waals surface area contributed by atoms with Crippen LogP contribution in [0.4, 0.5) is 0 Å². The third-order valence-corrected chi connectivity index (χ3v) is 3.57. The molecule has 1 fully saturated rings. The Hall–Kier alpha value is -1.69. The van der Waals surface area contributed by atoms with Crippen molar-refractivity contribution in [1.29, 1.82) is 0 Å². The van der Waals surface area contributed by atoms with E-state index in [0.29, 0.717) is 30.9 Å². The maximum atomic E-state index is 11.3. The first-order valence-electron chi connectivity index (χ1n) is 6.47. The third-order valence-electron chi connectivity index (χ3n) is 3.57. The predicted octanol–water partition coefficient (Wildman–Crippen LogP) is 1.02. The van der Waals surface area contributed by atoms with Crippen LogP contribution >= 0.6 is 0 Å². The Morgan fingerprint density at radius 2 is 2.21 bits per heavy atom. The number of esters is 1. The molecule has 104 valence electrons. The fourth-order valence-electron chi connectivity index (χ4n) is 2.46. The summed E-state index contributed by atoms with van der Waals surface area (Å²) in [6.45, 7) is 1.27. The van der Waals surface area contributed by atoms with Crippen LogP contribution in [0, 0.1) is 11.8 Å². The predicted molar refractivity (Wildman–Crippen MR) is 68.8 cm³/mol. The quantitative estimate of drug-likeness (QED) is 0.800. The number of carbonyl (C=O) groups is 1. The van der Waals surface area contributed by atoms with Gasteiger partial charge in [0.05, 0.1) is 26.1 Å².